The molecule has 0 amide bonds. The molecule has 0 unspecified atom stereocenters. The molecule has 0 aliphatic heterocycles. The van der Waals surface area contributed by atoms with E-state index in [-0.39, 0.29) is 11.4 Å². The largest absolute Gasteiger partial charge is 0.444 e. The van der Waals surface area contributed by atoms with Crippen molar-refractivity contribution in [2.75, 3.05) is 6.54 Å². The van der Waals surface area contributed by atoms with Gasteiger partial charge in [0.25, 0.3) is 0 Å². The van der Waals surface area contributed by atoms with Crippen LogP contribution in [0, 0.1) is 6.92 Å². The van der Waals surface area contributed by atoms with E-state index in [0.717, 1.165) is 11.1 Å². The van der Waals surface area contributed by atoms with E-state index in [2.05, 4.69) is 9.71 Å². The number of aryl methyl sites for hydroxylation is 1. The molecule has 148 valence electrons. The molecule has 4 rings (SSSR count). The summed E-state index contributed by atoms with van der Waals surface area (Å²) in [5, 5.41) is 0.534. The number of hydrogen-bond acceptors (Lipinski definition) is 6. The molecule has 0 radical (unpaired) electrons. The first-order valence-electron chi connectivity index (χ1n) is 8.96. The van der Waals surface area contributed by atoms with Crippen molar-refractivity contribution in [2.45, 2.75) is 18.2 Å². The molecule has 0 atom stereocenters. The average molecular weight is 410 g/mol. The predicted molar refractivity (Wildman–Crippen MR) is 108 cm³/mol. The number of oxazole rings is 1. The Morgan fingerprint density at radius 1 is 1.03 bits per heavy atom. The smallest absolute Gasteiger partial charge is 0.336 e. The van der Waals surface area contributed by atoms with Crippen molar-refractivity contribution < 1.29 is 17.3 Å². The molecule has 0 fully saturated rings. The van der Waals surface area contributed by atoms with Gasteiger partial charge in [0.2, 0.25) is 15.9 Å². The van der Waals surface area contributed by atoms with E-state index in [9.17, 15) is 13.2 Å². The van der Waals surface area contributed by atoms with E-state index in [1.54, 1.807) is 0 Å². The number of nitrogens with zero attached hydrogens (tertiary/aromatic N) is 1. The lowest BCUT2D eigenvalue weighted by Gasteiger charge is -2.06. The van der Waals surface area contributed by atoms with Crippen molar-refractivity contribution >= 4 is 21.0 Å². The summed E-state index contributed by atoms with van der Waals surface area (Å²) in [6.07, 6.45) is 1.92. The summed E-state index contributed by atoms with van der Waals surface area (Å²) >= 11 is 0. The molecule has 2 heterocycles. The van der Waals surface area contributed by atoms with Gasteiger partial charge in [-0.3, -0.25) is 0 Å². The van der Waals surface area contributed by atoms with Crippen molar-refractivity contribution in [1.82, 2.24) is 9.71 Å². The zero-order chi connectivity index (χ0) is 20.4. The van der Waals surface area contributed by atoms with Gasteiger partial charge in [-0.05, 0) is 43.3 Å². The van der Waals surface area contributed by atoms with Gasteiger partial charge in [-0.15, -0.1) is 0 Å². The van der Waals surface area contributed by atoms with E-state index < -0.39 is 15.6 Å². The highest BCUT2D eigenvalue weighted by Crippen LogP contribution is 2.20. The predicted octanol–water partition coefficient (Wildman–Crippen LogP) is 3.28. The lowest BCUT2D eigenvalue weighted by molar-refractivity contribution is 0.560. The molecule has 4 aromatic rings. The number of benzene rings is 2. The highest BCUT2D eigenvalue weighted by atomic mass is 32.2. The molecule has 0 saturated carbocycles. The van der Waals surface area contributed by atoms with Gasteiger partial charge >= 0.3 is 5.63 Å². The van der Waals surface area contributed by atoms with Gasteiger partial charge in [-0.2, -0.15) is 0 Å². The summed E-state index contributed by atoms with van der Waals surface area (Å²) in [5.74, 6) is 0.499. The van der Waals surface area contributed by atoms with Crippen LogP contribution in [0.3, 0.4) is 0 Å². The average Bonchev–Trinajstić information content (AvgIpc) is 3.17. The molecular weight excluding hydrogens is 392 g/mol. The molecule has 0 aliphatic rings. The van der Waals surface area contributed by atoms with Crippen LogP contribution in [-0.4, -0.2) is 19.9 Å². The SMILES string of the molecule is Cc1ccc(-c2nc(CCNS(=O)(=O)c3ccc4oc(=O)ccc4c3)co2)cc1. The Labute approximate surface area is 167 Å². The first kappa shape index (κ1) is 19.1. The molecule has 7 nitrogen and oxygen atoms in total. The summed E-state index contributed by atoms with van der Waals surface area (Å²) in [6.45, 7) is 2.17. The number of aromatic nitrogens is 1. The third kappa shape index (κ3) is 4.28. The summed E-state index contributed by atoms with van der Waals surface area (Å²) in [5.41, 5.74) is 2.52. The Bertz CT molecular complexity index is 1320. The fraction of sp³-hybridized carbons (Fsp3) is 0.143. The number of nitrogens with one attached hydrogen (secondary N) is 1. The van der Waals surface area contributed by atoms with Crippen molar-refractivity contribution in [3.05, 3.63) is 82.5 Å². The first-order chi connectivity index (χ1) is 13.9. The van der Waals surface area contributed by atoms with Crippen molar-refractivity contribution in [2.24, 2.45) is 0 Å². The van der Waals surface area contributed by atoms with Gasteiger partial charge < -0.3 is 8.83 Å². The third-order valence-electron chi connectivity index (χ3n) is 4.42. The molecule has 2 aromatic heterocycles. The van der Waals surface area contributed by atoms with Crippen molar-refractivity contribution in [1.29, 1.82) is 0 Å². The molecule has 0 saturated heterocycles. The maximum atomic E-state index is 12.5. The third-order valence-corrected chi connectivity index (χ3v) is 5.88. The Morgan fingerprint density at radius 2 is 1.83 bits per heavy atom. The van der Waals surface area contributed by atoms with Crippen LogP contribution in [0.2, 0.25) is 0 Å². The Hall–Kier alpha value is -3.23. The normalized spacial score (nSPS) is 11.8. The molecule has 0 bridgehead atoms. The summed E-state index contributed by atoms with van der Waals surface area (Å²) in [4.78, 5) is 15.7. The highest BCUT2D eigenvalue weighted by Gasteiger charge is 2.15. The monoisotopic (exact) mass is 410 g/mol. The second-order valence-electron chi connectivity index (χ2n) is 6.61. The summed E-state index contributed by atoms with van der Waals surface area (Å²) in [7, 11) is -3.71. The second-order valence-corrected chi connectivity index (χ2v) is 8.38. The standard InChI is InChI=1S/C21H18N2O5S/c1-14-2-4-15(5-3-14)21-23-17(13-27-21)10-11-22-29(25,26)18-7-8-19-16(12-18)6-9-20(24)28-19/h2-9,12-13,22H,10-11H2,1H3. The minimum absolute atomic E-state index is 0.0966. The molecule has 1 N–H and O–H groups in total. The summed E-state index contributed by atoms with van der Waals surface area (Å²) in [6, 6.07) is 14.9. The quantitative estimate of drug-likeness (QED) is 0.490. The minimum Gasteiger partial charge on any atom is -0.444 e. The molecular formula is C21H18N2O5S. The highest BCUT2D eigenvalue weighted by molar-refractivity contribution is 7.89. The van der Waals surface area contributed by atoms with Gasteiger partial charge in [0.1, 0.15) is 11.8 Å². The van der Waals surface area contributed by atoms with Crippen LogP contribution < -0.4 is 10.3 Å². The molecule has 0 spiro atoms. The Kier molecular flexibility index (Phi) is 5.04. The van der Waals surface area contributed by atoms with Crippen LogP contribution >= 0.6 is 0 Å². The minimum atomic E-state index is -3.71. The Morgan fingerprint density at radius 3 is 2.62 bits per heavy atom. The van der Waals surface area contributed by atoms with Crippen molar-refractivity contribution in [3.8, 4) is 11.5 Å². The molecule has 0 aliphatic carbocycles. The van der Waals surface area contributed by atoms with Gasteiger partial charge in [0.05, 0.1) is 10.6 Å². The molecule has 2 aromatic carbocycles. The number of fused-ring (bicyclic) bond motifs is 1. The zero-order valence-electron chi connectivity index (χ0n) is 15.6. The lowest BCUT2D eigenvalue weighted by Crippen LogP contribution is -2.26. The maximum absolute atomic E-state index is 12.5. The van der Waals surface area contributed by atoms with Gasteiger partial charge in [0, 0.05) is 30.0 Å². The topological polar surface area (TPSA) is 102 Å². The van der Waals surface area contributed by atoms with Crippen LogP contribution in [0.5, 0.6) is 0 Å². The fourth-order valence-corrected chi connectivity index (χ4v) is 3.93. The first-order valence-corrected chi connectivity index (χ1v) is 10.4. The van der Waals surface area contributed by atoms with Gasteiger partial charge in [0.15, 0.2) is 0 Å². The van der Waals surface area contributed by atoms with Crippen LogP contribution in [0.1, 0.15) is 11.3 Å². The molecule has 29 heavy (non-hydrogen) atoms. The van der Waals surface area contributed by atoms with E-state index in [0.29, 0.717) is 29.0 Å². The van der Waals surface area contributed by atoms with E-state index >= 15 is 0 Å². The Balaban J connectivity index is 1.43. The van der Waals surface area contributed by atoms with Crippen LogP contribution in [-0.2, 0) is 16.4 Å². The second kappa shape index (κ2) is 7.65. The zero-order valence-corrected chi connectivity index (χ0v) is 16.4. The maximum Gasteiger partial charge on any atom is 0.336 e. The molecule has 8 heteroatoms. The number of hydrogen-bond donors (Lipinski definition) is 1. The van der Waals surface area contributed by atoms with Crippen molar-refractivity contribution in [3.63, 3.8) is 0 Å². The fourth-order valence-electron chi connectivity index (χ4n) is 2.86. The van der Waals surface area contributed by atoms with Gasteiger partial charge in [-0.25, -0.2) is 22.9 Å². The van der Waals surface area contributed by atoms with E-state index in [4.69, 9.17) is 8.83 Å². The summed E-state index contributed by atoms with van der Waals surface area (Å²) < 4.78 is 38.2. The number of rotatable bonds is 6. The van der Waals surface area contributed by atoms with E-state index in [1.807, 2.05) is 31.2 Å². The number of sulfonamides is 1. The van der Waals surface area contributed by atoms with Gasteiger partial charge in [-0.1, -0.05) is 17.7 Å². The van der Waals surface area contributed by atoms with Crippen LogP contribution in [0.25, 0.3) is 22.4 Å². The van der Waals surface area contributed by atoms with Crippen LogP contribution in [0.4, 0.5) is 0 Å². The lowest BCUT2D eigenvalue weighted by atomic mass is 10.1. The van der Waals surface area contributed by atoms with Crippen LogP contribution in [0.15, 0.2) is 79.4 Å². The van der Waals surface area contributed by atoms with E-state index in [1.165, 1.54) is 36.6 Å².